The first-order valence-electron chi connectivity index (χ1n) is 10.7. The molecule has 148 valence electrons. The quantitative estimate of drug-likeness (QED) is 0.573. The molecule has 0 N–H and O–H groups in total. The second-order valence-electron chi connectivity index (χ2n) is 8.66. The molecule has 5 rings (SSSR count). The normalized spacial score (nSPS) is 19.4. The van der Waals surface area contributed by atoms with E-state index in [1.54, 1.807) is 6.20 Å². The Morgan fingerprint density at radius 3 is 2.67 bits per heavy atom. The van der Waals surface area contributed by atoms with Crippen LogP contribution >= 0.6 is 0 Å². The number of hydrogen-bond acceptors (Lipinski definition) is 3. The van der Waals surface area contributed by atoms with Crippen molar-refractivity contribution in [1.29, 1.82) is 5.26 Å². The third kappa shape index (κ3) is 2.92. The summed E-state index contributed by atoms with van der Waals surface area (Å²) in [5, 5.41) is 9.06. The van der Waals surface area contributed by atoms with Gasteiger partial charge in [-0.05, 0) is 67.2 Å². The Kier molecular flexibility index (Phi) is 4.44. The highest BCUT2D eigenvalue weighted by Crippen LogP contribution is 2.51. The van der Waals surface area contributed by atoms with E-state index >= 15 is 0 Å². The Balaban J connectivity index is 1.65. The fourth-order valence-corrected chi connectivity index (χ4v) is 4.98. The van der Waals surface area contributed by atoms with Crippen molar-refractivity contribution in [1.82, 2.24) is 4.98 Å². The number of anilines is 1. The summed E-state index contributed by atoms with van der Waals surface area (Å²) in [6.07, 6.45) is 15.3. The van der Waals surface area contributed by atoms with E-state index in [0.717, 1.165) is 36.9 Å². The number of benzene rings is 1. The largest absolute Gasteiger partial charge is 0.314 e. The molecule has 3 heteroatoms. The Morgan fingerprint density at radius 1 is 1.03 bits per heavy atom. The van der Waals surface area contributed by atoms with Gasteiger partial charge in [0.05, 0.1) is 11.3 Å². The molecule has 3 nitrogen and oxygen atoms in total. The van der Waals surface area contributed by atoms with Gasteiger partial charge >= 0.3 is 0 Å². The van der Waals surface area contributed by atoms with Crippen LogP contribution in [0.15, 0.2) is 89.4 Å². The lowest BCUT2D eigenvalue weighted by Crippen LogP contribution is -2.36. The molecule has 3 aliphatic rings. The Bertz CT molecular complexity index is 1170. The summed E-state index contributed by atoms with van der Waals surface area (Å²) in [5.41, 5.74) is 9.51. The van der Waals surface area contributed by atoms with Gasteiger partial charge in [-0.2, -0.15) is 5.26 Å². The van der Waals surface area contributed by atoms with Gasteiger partial charge in [-0.25, -0.2) is 0 Å². The van der Waals surface area contributed by atoms with Crippen LogP contribution in [0, 0.1) is 16.7 Å². The molecule has 0 atom stereocenters. The number of allylic oxidation sites excluding steroid dienone is 7. The van der Waals surface area contributed by atoms with Gasteiger partial charge in [0.15, 0.2) is 0 Å². The zero-order chi connectivity index (χ0) is 20.7. The first kappa shape index (κ1) is 18.6. The predicted molar refractivity (Wildman–Crippen MR) is 121 cm³/mol. The van der Waals surface area contributed by atoms with Crippen molar-refractivity contribution in [3.63, 3.8) is 0 Å². The second kappa shape index (κ2) is 7.15. The van der Waals surface area contributed by atoms with E-state index in [1.165, 1.54) is 28.2 Å². The summed E-state index contributed by atoms with van der Waals surface area (Å²) in [4.78, 5) is 6.98. The van der Waals surface area contributed by atoms with Gasteiger partial charge in [0.25, 0.3) is 0 Å². The fraction of sp³-hybridized carbons (Fsp3) is 0.259. The summed E-state index contributed by atoms with van der Waals surface area (Å²) >= 11 is 0. The molecule has 2 heterocycles. The van der Waals surface area contributed by atoms with Crippen molar-refractivity contribution in [2.45, 2.75) is 39.5 Å². The molecule has 0 unspecified atom stereocenters. The average Bonchev–Trinajstić information content (AvgIpc) is 2.80. The SMILES string of the molecule is CC1(C)C2=C(CCC=C2)N(c2cccc(-c3ccc(C#N)cn3)c2)C2=C1CCC=C2. The highest BCUT2D eigenvalue weighted by atomic mass is 15.2. The molecule has 0 bridgehead atoms. The molecule has 1 aromatic carbocycles. The van der Waals surface area contributed by atoms with Crippen LogP contribution in [-0.4, -0.2) is 4.98 Å². The van der Waals surface area contributed by atoms with Gasteiger partial charge in [-0.1, -0.05) is 44.2 Å². The molecular formula is C27H25N3. The van der Waals surface area contributed by atoms with E-state index in [2.05, 4.69) is 78.4 Å². The fourth-order valence-electron chi connectivity index (χ4n) is 4.98. The molecule has 2 aliphatic carbocycles. The average molecular weight is 392 g/mol. The van der Waals surface area contributed by atoms with Crippen LogP contribution < -0.4 is 4.90 Å². The topological polar surface area (TPSA) is 39.9 Å². The maximum absolute atomic E-state index is 9.06. The van der Waals surface area contributed by atoms with Gasteiger partial charge < -0.3 is 4.90 Å². The molecule has 30 heavy (non-hydrogen) atoms. The number of nitriles is 1. The van der Waals surface area contributed by atoms with Crippen molar-refractivity contribution in [2.75, 3.05) is 4.90 Å². The van der Waals surface area contributed by atoms with E-state index in [0.29, 0.717) is 5.56 Å². The lowest BCUT2D eigenvalue weighted by Gasteiger charge is -2.46. The third-order valence-corrected chi connectivity index (χ3v) is 6.52. The van der Waals surface area contributed by atoms with Crippen molar-refractivity contribution >= 4 is 5.69 Å². The third-order valence-electron chi connectivity index (χ3n) is 6.52. The molecule has 2 aromatic rings. The van der Waals surface area contributed by atoms with Crippen LogP contribution in [0.3, 0.4) is 0 Å². The Morgan fingerprint density at radius 2 is 1.87 bits per heavy atom. The Labute approximate surface area is 178 Å². The smallest absolute Gasteiger partial charge is 0.101 e. The lowest BCUT2D eigenvalue weighted by molar-refractivity contribution is 0.492. The first-order valence-corrected chi connectivity index (χ1v) is 10.7. The standard InChI is InChI=1S/C27H25N3/c1-27(2)22-10-3-5-12-25(22)30(26-13-6-4-11-23(26)27)21-9-7-8-20(16-21)24-15-14-19(17-28)18-29-24/h3,6-10,13-16,18H,4-5,11-12H2,1-2H3. The Hall–Kier alpha value is -3.38. The predicted octanol–water partition coefficient (Wildman–Crippen LogP) is 6.67. The van der Waals surface area contributed by atoms with Gasteiger partial charge in [0, 0.05) is 34.3 Å². The van der Waals surface area contributed by atoms with Gasteiger partial charge in [0.2, 0.25) is 0 Å². The zero-order valence-electron chi connectivity index (χ0n) is 17.5. The van der Waals surface area contributed by atoms with Gasteiger partial charge in [0.1, 0.15) is 6.07 Å². The molecule has 0 fully saturated rings. The molecule has 0 radical (unpaired) electrons. The van der Waals surface area contributed by atoms with E-state index < -0.39 is 0 Å². The molecular weight excluding hydrogens is 366 g/mol. The van der Waals surface area contributed by atoms with E-state index in [-0.39, 0.29) is 5.41 Å². The number of pyridine rings is 1. The van der Waals surface area contributed by atoms with Crippen LogP contribution in [0.4, 0.5) is 5.69 Å². The summed E-state index contributed by atoms with van der Waals surface area (Å²) in [6.45, 7) is 4.75. The minimum Gasteiger partial charge on any atom is -0.314 e. The number of rotatable bonds is 2. The van der Waals surface area contributed by atoms with Gasteiger partial charge in [-0.3, -0.25) is 4.98 Å². The van der Waals surface area contributed by atoms with Crippen molar-refractivity contribution in [3.8, 4) is 17.3 Å². The molecule has 1 aliphatic heterocycles. The molecule has 0 spiro atoms. The van der Waals surface area contributed by atoms with E-state index in [4.69, 9.17) is 5.26 Å². The first-order chi connectivity index (χ1) is 14.6. The minimum atomic E-state index is 0.0646. The van der Waals surface area contributed by atoms with E-state index in [9.17, 15) is 0 Å². The maximum atomic E-state index is 9.06. The summed E-state index contributed by atoms with van der Waals surface area (Å²) in [5.74, 6) is 0. The van der Waals surface area contributed by atoms with Crippen LogP contribution in [0.1, 0.15) is 45.1 Å². The number of aromatic nitrogens is 1. The number of nitrogens with zero attached hydrogens (tertiary/aromatic N) is 3. The van der Waals surface area contributed by atoms with Crippen LogP contribution in [-0.2, 0) is 0 Å². The highest BCUT2D eigenvalue weighted by molar-refractivity contribution is 5.73. The molecule has 0 amide bonds. The number of hydrogen-bond donors (Lipinski definition) is 0. The zero-order valence-corrected chi connectivity index (χ0v) is 17.5. The maximum Gasteiger partial charge on any atom is 0.101 e. The summed E-state index contributed by atoms with van der Waals surface area (Å²) < 4.78 is 0. The molecule has 0 saturated heterocycles. The lowest BCUT2D eigenvalue weighted by atomic mass is 9.68. The highest BCUT2D eigenvalue weighted by Gasteiger charge is 2.39. The molecule has 0 saturated carbocycles. The van der Waals surface area contributed by atoms with Crippen LogP contribution in [0.2, 0.25) is 0 Å². The van der Waals surface area contributed by atoms with Crippen LogP contribution in [0.25, 0.3) is 11.3 Å². The van der Waals surface area contributed by atoms with Crippen molar-refractivity contribution < 1.29 is 0 Å². The van der Waals surface area contributed by atoms with Gasteiger partial charge in [-0.15, -0.1) is 0 Å². The van der Waals surface area contributed by atoms with Crippen LogP contribution in [0.5, 0.6) is 0 Å². The molecule has 1 aromatic heterocycles. The van der Waals surface area contributed by atoms with Crippen molar-refractivity contribution in [2.24, 2.45) is 5.41 Å². The minimum absolute atomic E-state index is 0.0646. The van der Waals surface area contributed by atoms with E-state index in [1.807, 2.05) is 12.1 Å². The summed E-state index contributed by atoms with van der Waals surface area (Å²) in [6, 6.07) is 14.5. The summed E-state index contributed by atoms with van der Waals surface area (Å²) in [7, 11) is 0. The second-order valence-corrected chi connectivity index (χ2v) is 8.66. The monoisotopic (exact) mass is 391 g/mol. The van der Waals surface area contributed by atoms with Crippen molar-refractivity contribution in [3.05, 3.63) is 95.0 Å².